The molecule has 1 aliphatic heterocycles. The van der Waals surface area contributed by atoms with Crippen molar-refractivity contribution in [1.29, 1.82) is 0 Å². The average Bonchev–Trinajstić information content (AvgIpc) is 2.33. The molecule has 56 valence electrons. The third kappa shape index (κ3) is 1.20. The zero-order valence-electron chi connectivity index (χ0n) is 5.99. The number of nitrogens with zero attached hydrogens (tertiary/aromatic N) is 2. The molecule has 3 heteroatoms. The fourth-order valence-electron chi connectivity index (χ4n) is 1.04. The Morgan fingerprint density at radius 2 is 2.20 bits per heavy atom. The molecule has 0 bridgehead atoms. The summed E-state index contributed by atoms with van der Waals surface area (Å²) in [5.41, 5.74) is 0. The number of quaternary nitrogens is 1. The fourth-order valence-corrected chi connectivity index (χ4v) is 1.04. The third-order valence-electron chi connectivity index (χ3n) is 1.78. The van der Waals surface area contributed by atoms with Crippen molar-refractivity contribution in [2.45, 2.75) is 0 Å². The standard InChI is InChI=1S/C7H12N2O/c1-3-8-5-6-9(10,4-2)7-8/h3-4H,1-2,5-7H2. The van der Waals surface area contributed by atoms with E-state index in [9.17, 15) is 5.21 Å². The second kappa shape index (κ2) is 2.44. The second-order valence-corrected chi connectivity index (χ2v) is 2.49. The van der Waals surface area contributed by atoms with Crippen LogP contribution < -0.4 is 0 Å². The van der Waals surface area contributed by atoms with Crippen LogP contribution in [-0.2, 0) is 0 Å². The third-order valence-corrected chi connectivity index (χ3v) is 1.78. The molecular weight excluding hydrogens is 128 g/mol. The van der Waals surface area contributed by atoms with Crippen molar-refractivity contribution in [3.8, 4) is 0 Å². The summed E-state index contributed by atoms with van der Waals surface area (Å²) in [6.45, 7) is 8.92. The normalized spacial score (nSPS) is 32.3. The summed E-state index contributed by atoms with van der Waals surface area (Å²) >= 11 is 0. The second-order valence-electron chi connectivity index (χ2n) is 2.49. The Kier molecular flexibility index (Phi) is 1.78. The van der Waals surface area contributed by atoms with Crippen molar-refractivity contribution in [2.75, 3.05) is 19.8 Å². The summed E-state index contributed by atoms with van der Waals surface area (Å²) in [6, 6.07) is 0. The van der Waals surface area contributed by atoms with Crippen LogP contribution in [0.3, 0.4) is 0 Å². The molecule has 0 N–H and O–H groups in total. The summed E-state index contributed by atoms with van der Waals surface area (Å²) in [4.78, 5) is 1.90. The Bertz CT molecular complexity index is 158. The summed E-state index contributed by atoms with van der Waals surface area (Å²) in [5.74, 6) is 0. The lowest BCUT2D eigenvalue weighted by atomic mass is 10.6. The first-order valence-electron chi connectivity index (χ1n) is 3.28. The van der Waals surface area contributed by atoms with E-state index >= 15 is 0 Å². The highest BCUT2D eigenvalue weighted by molar-refractivity contribution is 4.75. The highest BCUT2D eigenvalue weighted by Gasteiger charge is 2.23. The molecule has 1 saturated heterocycles. The zero-order chi connectivity index (χ0) is 7.61. The van der Waals surface area contributed by atoms with Gasteiger partial charge in [0.2, 0.25) is 0 Å². The maximum Gasteiger partial charge on any atom is 0.158 e. The molecule has 0 radical (unpaired) electrons. The molecular formula is C7H12N2O. The van der Waals surface area contributed by atoms with Gasteiger partial charge in [0.1, 0.15) is 6.54 Å². The summed E-state index contributed by atoms with van der Waals surface area (Å²) in [6.07, 6.45) is 3.13. The van der Waals surface area contributed by atoms with Gasteiger partial charge in [-0.2, -0.15) is 0 Å². The van der Waals surface area contributed by atoms with E-state index in [2.05, 4.69) is 13.2 Å². The highest BCUT2D eigenvalue weighted by Crippen LogP contribution is 2.14. The predicted octanol–water partition coefficient (Wildman–Crippen LogP) is 0.861. The van der Waals surface area contributed by atoms with E-state index in [1.165, 1.54) is 6.20 Å². The number of rotatable bonds is 2. The molecule has 0 aromatic heterocycles. The van der Waals surface area contributed by atoms with Gasteiger partial charge >= 0.3 is 0 Å². The Labute approximate surface area is 61.0 Å². The maximum atomic E-state index is 11.4. The first-order valence-corrected chi connectivity index (χ1v) is 3.28. The van der Waals surface area contributed by atoms with Crippen LogP contribution in [0.4, 0.5) is 0 Å². The topological polar surface area (TPSA) is 26.3 Å². The molecule has 0 aromatic carbocycles. The fraction of sp³-hybridized carbons (Fsp3) is 0.429. The average molecular weight is 140 g/mol. The minimum absolute atomic E-state index is 0.313. The number of hydroxylamine groups is 3. The number of hydrogen-bond donors (Lipinski definition) is 0. The van der Waals surface area contributed by atoms with Crippen LogP contribution in [0.2, 0.25) is 0 Å². The molecule has 0 amide bonds. The van der Waals surface area contributed by atoms with Crippen LogP contribution in [0, 0.1) is 5.21 Å². The zero-order valence-corrected chi connectivity index (χ0v) is 5.99. The van der Waals surface area contributed by atoms with Gasteiger partial charge in [0.15, 0.2) is 6.67 Å². The van der Waals surface area contributed by atoms with E-state index in [0.29, 0.717) is 13.2 Å². The van der Waals surface area contributed by atoms with Gasteiger partial charge in [-0.05, 0) is 12.8 Å². The van der Waals surface area contributed by atoms with Crippen molar-refractivity contribution >= 4 is 0 Å². The van der Waals surface area contributed by atoms with Gasteiger partial charge in [0.25, 0.3) is 0 Å². The minimum Gasteiger partial charge on any atom is -0.626 e. The van der Waals surface area contributed by atoms with Crippen molar-refractivity contribution in [2.24, 2.45) is 0 Å². The first kappa shape index (κ1) is 7.31. The Morgan fingerprint density at radius 1 is 1.50 bits per heavy atom. The van der Waals surface area contributed by atoms with Crippen LogP contribution in [0.25, 0.3) is 0 Å². The van der Waals surface area contributed by atoms with Gasteiger partial charge in [0, 0.05) is 0 Å². The van der Waals surface area contributed by atoms with Gasteiger partial charge in [-0.15, -0.1) is 0 Å². The lowest BCUT2D eigenvalue weighted by molar-refractivity contribution is -0.819. The Hall–Kier alpha value is -0.800. The molecule has 1 atom stereocenters. The van der Waals surface area contributed by atoms with Crippen molar-refractivity contribution in [3.63, 3.8) is 0 Å². The maximum absolute atomic E-state index is 11.4. The molecule has 1 fully saturated rings. The van der Waals surface area contributed by atoms with Gasteiger partial charge in [-0.25, -0.2) is 0 Å². The summed E-state index contributed by atoms with van der Waals surface area (Å²) < 4.78 is -0.313. The molecule has 0 spiro atoms. The van der Waals surface area contributed by atoms with E-state index in [4.69, 9.17) is 0 Å². The highest BCUT2D eigenvalue weighted by atomic mass is 16.5. The van der Waals surface area contributed by atoms with Gasteiger partial charge < -0.3 is 14.8 Å². The van der Waals surface area contributed by atoms with E-state index in [-0.39, 0.29) is 4.65 Å². The quantitative estimate of drug-likeness (QED) is 0.420. The summed E-state index contributed by atoms with van der Waals surface area (Å²) in [5, 5.41) is 11.4. The largest absolute Gasteiger partial charge is 0.626 e. The van der Waals surface area contributed by atoms with E-state index < -0.39 is 0 Å². The van der Waals surface area contributed by atoms with E-state index in [1.54, 1.807) is 6.20 Å². The Morgan fingerprint density at radius 3 is 2.50 bits per heavy atom. The molecule has 0 aromatic rings. The van der Waals surface area contributed by atoms with Crippen molar-refractivity contribution < 1.29 is 4.65 Å². The SMILES string of the molecule is C=CN1CC[N+]([O-])(C=C)C1. The molecule has 1 heterocycles. The summed E-state index contributed by atoms with van der Waals surface area (Å²) in [7, 11) is 0. The lowest BCUT2D eigenvalue weighted by Gasteiger charge is -2.32. The smallest absolute Gasteiger partial charge is 0.158 e. The van der Waals surface area contributed by atoms with Gasteiger partial charge in [-0.1, -0.05) is 6.58 Å². The van der Waals surface area contributed by atoms with Gasteiger partial charge in [0.05, 0.1) is 12.7 Å². The molecule has 1 rings (SSSR count). The Balaban J connectivity index is 2.56. The van der Waals surface area contributed by atoms with Crippen molar-refractivity contribution in [1.82, 2.24) is 4.90 Å². The molecule has 0 aliphatic carbocycles. The van der Waals surface area contributed by atoms with Crippen LogP contribution in [0.5, 0.6) is 0 Å². The molecule has 1 unspecified atom stereocenters. The predicted molar refractivity (Wildman–Crippen MR) is 40.5 cm³/mol. The minimum atomic E-state index is -0.313. The first-order chi connectivity index (χ1) is 4.70. The molecule has 0 saturated carbocycles. The monoisotopic (exact) mass is 140 g/mol. The lowest BCUT2D eigenvalue weighted by Crippen LogP contribution is -2.34. The van der Waals surface area contributed by atoms with Gasteiger partial charge in [-0.3, -0.25) is 0 Å². The molecule has 10 heavy (non-hydrogen) atoms. The van der Waals surface area contributed by atoms with Crippen molar-refractivity contribution in [3.05, 3.63) is 30.8 Å². The van der Waals surface area contributed by atoms with Crippen LogP contribution >= 0.6 is 0 Å². The molecule has 1 aliphatic rings. The molecule has 3 nitrogen and oxygen atoms in total. The van der Waals surface area contributed by atoms with E-state index in [1.807, 2.05) is 4.90 Å². The van der Waals surface area contributed by atoms with E-state index in [0.717, 1.165) is 6.54 Å². The van der Waals surface area contributed by atoms with Crippen LogP contribution in [0.1, 0.15) is 0 Å². The van der Waals surface area contributed by atoms with Crippen LogP contribution in [-0.4, -0.2) is 29.3 Å². The number of hydrogen-bond acceptors (Lipinski definition) is 2. The van der Waals surface area contributed by atoms with Crippen LogP contribution in [0.15, 0.2) is 25.6 Å².